The molecule has 4 aliphatic carbocycles. The summed E-state index contributed by atoms with van der Waals surface area (Å²) >= 11 is 0. The van der Waals surface area contributed by atoms with Gasteiger partial charge in [-0.3, -0.25) is 0 Å². The van der Waals surface area contributed by atoms with Gasteiger partial charge in [0, 0.05) is 84.9 Å². The van der Waals surface area contributed by atoms with Crippen LogP contribution < -0.4 is 18.3 Å². The Morgan fingerprint density at radius 3 is 1.10 bits per heavy atom. The third kappa shape index (κ3) is 13.4. The molecule has 4 aliphatic rings. The van der Waals surface area contributed by atoms with Crippen molar-refractivity contribution in [3.8, 4) is 89.5 Å². The predicted molar refractivity (Wildman–Crippen MR) is 526 cm³/mol. The second-order valence-electron chi connectivity index (χ2n) is 39.6. The van der Waals surface area contributed by atoms with E-state index < -0.39 is 27.4 Å². The summed E-state index contributed by atoms with van der Waals surface area (Å²) in [6.07, 6.45) is 9.10. The number of pyridine rings is 4. The molecule has 124 heavy (non-hydrogen) atoms. The first-order valence-corrected chi connectivity index (χ1v) is 44.2. The highest BCUT2D eigenvalue weighted by Gasteiger charge is 2.51. The van der Waals surface area contributed by atoms with Crippen molar-refractivity contribution in [3.63, 3.8) is 0 Å². The molecule has 4 heterocycles. The number of aromatic nitrogens is 4. The number of hydrogen-bond acceptors (Lipinski definition) is 0. The van der Waals surface area contributed by atoms with Crippen LogP contribution in [0.15, 0.2) is 243 Å². The Hall–Kier alpha value is -11.7. The average Bonchev–Trinajstić information content (AvgIpc) is 0.686. The second-order valence-corrected chi connectivity index (χ2v) is 39.6. The lowest BCUT2D eigenvalue weighted by molar-refractivity contribution is -0.660. The van der Waals surface area contributed by atoms with Gasteiger partial charge in [-0.1, -0.05) is 253 Å². The second kappa shape index (κ2) is 30.6. The third-order valence-corrected chi connectivity index (χ3v) is 30.8. The third-order valence-electron chi connectivity index (χ3n) is 30.8. The molecule has 0 spiro atoms. The van der Waals surface area contributed by atoms with Gasteiger partial charge in [-0.15, -0.1) is 0 Å². The zero-order valence-electron chi connectivity index (χ0n) is 89.3. The maximum absolute atomic E-state index is 7.96. The summed E-state index contributed by atoms with van der Waals surface area (Å²) in [5.41, 5.74) is 39.4. The van der Waals surface area contributed by atoms with Crippen LogP contribution in [0, 0.1) is 82.8 Å². The number of nitrogens with zero attached hydrogens (tertiary/aromatic N) is 4. The quantitative estimate of drug-likeness (QED) is 0.156. The van der Waals surface area contributed by atoms with Gasteiger partial charge >= 0.3 is 0 Å². The molecule has 4 aromatic heterocycles. The van der Waals surface area contributed by atoms with Gasteiger partial charge < -0.3 is 0 Å². The summed E-state index contributed by atoms with van der Waals surface area (Å²) in [4.78, 5) is 0. The van der Waals surface area contributed by atoms with Crippen LogP contribution in [0.2, 0.25) is 0 Å². The van der Waals surface area contributed by atoms with Gasteiger partial charge in [0.05, 0.1) is 11.1 Å². The highest BCUT2D eigenvalue weighted by Crippen LogP contribution is 2.61. The topological polar surface area (TPSA) is 15.5 Å². The van der Waals surface area contributed by atoms with Crippen LogP contribution in [0.1, 0.15) is 211 Å². The molecule has 0 unspecified atom stereocenters. The van der Waals surface area contributed by atoms with E-state index in [1.807, 2.05) is 92.4 Å². The summed E-state index contributed by atoms with van der Waals surface area (Å²) in [7, 11) is 7.80. The fraction of sp³-hybridized carbons (Fsp3) is 0.300. The zero-order valence-corrected chi connectivity index (χ0v) is 77.3. The Morgan fingerprint density at radius 1 is 0.226 bits per heavy atom. The van der Waals surface area contributed by atoms with Crippen molar-refractivity contribution in [2.24, 2.45) is 28.2 Å². The molecule has 624 valence electrons. The van der Waals surface area contributed by atoms with Crippen molar-refractivity contribution in [2.45, 2.75) is 211 Å². The first-order chi connectivity index (χ1) is 63.5. The average molecular weight is 1640 g/mol. The van der Waals surface area contributed by atoms with Crippen LogP contribution in [-0.2, 0) is 73.5 Å². The first-order valence-electron chi connectivity index (χ1n) is 50.2. The molecule has 0 fully saturated rings. The van der Waals surface area contributed by atoms with E-state index >= 15 is 0 Å². The fourth-order valence-electron chi connectivity index (χ4n) is 21.3. The molecule has 0 bridgehead atoms. The molecule has 0 N–H and O–H groups in total. The van der Waals surface area contributed by atoms with Crippen LogP contribution in [-0.4, -0.2) is 0 Å². The Kier molecular flexibility index (Phi) is 17.4. The van der Waals surface area contributed by atoms with Gasteiger partial charge in [-0.2, -0.15) is 0 Å². The van der Waals surface area contributed by atoms with Gasteiger partial charge in [0.25, 0.3) is 0 Å². The zero-order chi connectivity index (χ0) is 98.4. The number of benzene rings is 12. The molecule has 4 heteroatoms. The van der Waals surface area contributed by atoms with E-state index in [9.17, 15) is 0 Å². The predicted octanol–water partition coefficient (Wildman–Crippen LogP) is 28.5. The van der Waals surface area contributed by atoms with Gasteiger partial charge in [0.2, 0.25) is 22.8 Å². The van der Waals surface area contributed by atoms with E-state index in [1.165, 1.54) is 165 Å². The summed E-state index contributed by atoms with van der Waals surface area (Å²) in [6, 6.07) is 79.4. The van der Waals surface area contributed by atoms with Crippen LogP contribution in [0.5, 0.6) is 0 Å². The normalized spacial score (nSPS) is 17.1. The lowest BCUT2D eigenvalue weighted by Gasteiger charge is -2.49. The van der Waals surface area contributed by atoms with Crippen LogP contribution >= 0.6 is 0 Å². The fourth-order valence-corrected chi connectivity index (χ4v) is 21.3. The Balaban J connectivity index is 0.000000126. The van der Waals surface area contributed by atoms with E-state index in [1.54, 1.807) is 24.8 Å². The molecule has 0 saturated carbocycles. The van der Waals surface area contributed by atoms with E-state index in [0.717, 1.165) is 69.0 Å². The largest absolute Gasteiger partial charge is 0.213 e. The molecule has 0 radical (unpaired) electrons. The van der Waals surface area contributed by atoms with Crippen molar-refractivity contribution < 1.29 is 34.7 Å². The lowest BCUT2D eigenvalue weighted by atomic mass is 9.53. The smallest absolute Gasteiger partial charge is 0.201 e. The first kappa shape index (κ1) is 70.7. The Labute approximate surface area is 756 Å². The molecular weight excluding hydrogens is 1500 g/mol. The summed E-state index contributed by atoms with van der Waals surface area (Å²) < 4.78 is 103. The monoisotopic (exact) mass is 1640 g/mol. The Bertz CT molecular complexity index is 7640. The summed E-state index contributed by atoms with van der Waals surface area (Å²) in [5.74, 6) is 0. The highest BCUT2D eigenvalue weighted by atomic mass is 14.9. The van der Waals surface area contributed by atoms with Gasteiger partial charge in [-0.25, -0.2) is 18.3 Å². The highest BCUT2D eigenvalue weighted by molar-refractivity contribution is 6.03. The molecule has 0 aliphatic heterocycles. The minimum absolute atomic E-state index is 0.0457. The van der Waals surface area contributed by atoms with E-state index in [2.05, 4.69) is 311 Å². The van der Waals surface area contributed by atoms with Crippen molar-refractivity contribution in [1.82, 2.24) is 0 Å². The van der Waals surface area contributed by atoms with Gasteiger partial charge in [0.1, 0.15) is 28.2 Å². The summed E-state index contributed by atoms with van der Waals surface area (Å²) in [5, 5.41) is 10.3. The standard InChI is InChI=1S/3C31H34N.C27H26N/c1-19-14-29(32(8)18-21(19)3)24-17-26-25-15-22-11-9-10-12-23(22)16-28(25)31(6,7)30(4,5)27(26)13-20(24)2;1-19-13-15-25-24-16-14-22-11-9-10-12-23(22)28(24)30(4,5)31(6,7)29(25)27(19)26-17-20(2)21(3)18-32(26)8;1-19-16-28(32(8)18-21(19)3)24-17-25-27(15-20(24)2)31(6,7)30(4,5)26-14-13-22-11-9-10-12-23(22)29(25)26;1-17-9-11-24-23-12-10-20-7-5-6-8-21(20)22(23)13-14-25(24)27(17)26-15-18(2)19(3)16-28(26)4/h3*9-18H,1-8H3;5-12,15-16H,13-14H2,1-4H3/q4*+1/i4*3D3. The van der Waals surface area contributed by atoms with E-state index in [4.69, 9.17) is 16.4 Å². The van der Waals surface area contributed by atoms with Crippen molar-refractivity contribution >= 4 is 43.1 Å². The summed E-state index contributed by atoms with van der Waals surface area (Å²) in [6.45, 7) is 36.1. The van der Waals surface area contributed by atoms with Crippen LogP contribution in [0.25, 0.3) is 133 Å². The molecule has 0 amide bonds. The maximum Gasteiger partial charge on any atom is 0.213 e. The van der Waals surface area contributed by atoms with Crippen LogP contribution in [0.4, 0.5) is 0 Å². The molecule has 20 rings (SSSR count). The number of aryl methyl sites for hydroxylation is 17. The SMILES string of the molecule is [2H]C([2H])([2H])c1c[n+](C)c(-c2c(C)ccc3c2C(C)(C)C(C)(C)c2c-3ccc3ccccc23)cc1C.[2H]C([2H])([2H])c1c[n+](C)c(-c2c(C)ccc3c2CCc2c-3ccc3ccccc23)cc1C.[2H]C([2H])([2H])c1c[n+](C)c(-c2cc3c(cc2C)C(C)(C)C(C)(C)c2cc4ccccc4cc2-3)cc1C.[2H]C([2H])([2H])c1c[n+](C)c(-c2cc3c(cc2C)C(C)(C)C(C)(C)c2ccc4ccccc4c2-3)cc1C. The van der Waals surface area contributed by atoms with E-state index in [-0.39, 0.29) is 32.5 Å². The van der Waals surface area contributed by atoms with Crippen molar-refractivity contribution in [3.05, 3.63) is 354 Å². The number of hydrogen-bond donors (Lipinski definition) is 0. The van der Waals surface area contributed by atoms with Crippen molar-refractivity contribution in [1.29, 1.82) is 0 Å². The molecular formula is C120H128N4+4. The molecule has 4 nitrogen and oxygen atoms in total. The maximum atomic E-state index is 7.96. The molecule has 0 atom stereocenters. The minimum atomic E-state index is -2.13. The van der Waals surface area contributed by atoms with Crippen molar-refractivity contribution in [2.75, 3.05) is 0 Å². The molecule has 16 aromatic rings. The molecule has 12 aromatic carbocycles. The van der Waals surface area contributed by atoms with E-state index in [0.29, 0.717) is 22.3 Å². The molecule has 0 saturated heterocycles. The number of rotatable bonds is 4. The van der Waals surface area contributed by atoms with Gasteiger partial charge in [0.15, 0.2) is 24.8 Å². The minimum Gasteiger partial charge on any atom is -0.201 e. The number of fused-ring (bicyclic) bond motifs is 19. The van der Waals surface area contributed by atoms with Gasteiger partial charge in [-0.05, 0) is 318 Å². The van der Waals surface area contributed by atoms with Crippen LogP contribution in [0.3, 0.4) is 0 Å². The lowest BCUT2D eigenvalue weighted by Crippen LogP contribution is -2.45. The Morgan fingerprint density at radius 2 is 0.573 bits per heavy atom.